The van der Waals surface area contributed by atoms with Crippen LogP contribution in [-0.2, 0) is 66.8 Å². The predicted octanol–water partition coefficient (Wildman–Crippen LogP) is 9.50. The summed E-state index contributed by atoms with van der Waals surface area (Å²) in [6.07, 6.45) is 30.1. The highest BCUT2D eigenvalue weighted by molar-refractivity contribution is 5.84. The Hall–Kier alpha value is -3.79. The van der Waals surface area contributed by atoms with Gasteiger partial charge in [-0.2, -0.15) is 5.06 Å². The molecular formula is C51H90N2O14. The lowest BCUT2D eigenvalue weighted by Gasteiger charge is -2.19. The lowest BCUT2D eigenvalue weighted by atomic mass is 10.0. The van der Waals surface area contributed by atoms with Crippen LogP contribution in [0.4, 0.5) is 0 Å². The van der Waals surface area contributed by atoms with Gasteiger partial charge in [-0.25, -0.2) is 4.79 Å². The Morgan fingerprint density at radius 2 is 0.970 bits per heavy atom. The molecule has 2 amide bonds. The maximum Gasteiger partial charge on any atom is 0.369 e. The topological polar surface area (TPSA) is 199 Å². The number of esters is 4. The molecule has 0 saturated carbocycles. The largest absolute Gasteiger partial charge is 0.462 e. The number of cyclic esters (lactones) is 1. The number of hydrogen-bond acceptors (Lipinski definition) is 14. The maximum absolute atomic E-state index is 12.8. The van der Waals surface area contributed by atoms with Crippen LogP contribution in [0.5, 0.6) is 0 Å². The number of carbonyl (C=O) groups is 7. The molecule has 1 heterocycles. The third kappa shape index (κ3) is 39.9. The number of nitrogens with zero attached hydrogens (tertiary/aromatic N) is 1. The Morgan fingerprint density at radius 1 is 0.522 bits per heavy atom. The first-order valence-electron chi connectivity index (χ1n) is 26.2. The fraction of sp³-hybridized carbons (Fsp3) is 0.863. The van der Waals surface area contributed by atoms with Crippen molar-refractivity contribution in [2.75, 3.05) is 59.3 Å². The van der Waals surface area contributed by atoms with E-state index in [1.807, 2.05) is 0 Å². The van der Waals surface area contributed by atoms with Crippen molar-refractivity contribution in [2.45, 2.75) is 225 Å². The summed E-state index contributed by atoms with van der Waals surface area (Å²) in [4.78, 5) is 90.6. The summed E-state index contributed by atoms with van der Waals surface area (Å²) in [5.41, 5.74) is 0. The first kappa shape index (κ1) is 61.2. The zero-order valence-electron chi connectivity index (χ0n) is 41.7. The Balaban J connectivity index is 2.33. The third-order valence-electron chi connectivity index (χ3n) is 11.4. The van der Waals surface area contributed by atoms with Gasteiger partial charge >= 0.3 is 29.8 Å². The fourth-order valence-electron chi connectivity index (χ4n) is 7.40. The minimum Gasteiger partial charge on any atom is -0.462 e. The molecule has 1 rings (SSSR count). The average molecular weight is 955 g/mol. The van der Waals surface area contributed by atoms with E-state index in [4.69, 9.17) is 28.5 Å². The second-order valence-corrected chi connectivity index (χ2v) is 17.7. The molecule has 1 N–H and O–H groups in total. The SMILES string of the molecule is CCCCCCCCCCCCCCCC(=O)OCC(COC(=O)CCC(=O)NCCOCCOCCN1OC(=O)COC(=O)CCC1=O)OC(=O)CCCCCCCCCCCCCCC. The van der Waals surface area contributed by atoms with Crippen molar-refractivity contribution in [3.63, 3.8) is 0 Å². The summed E-state index contributed by atoms with van der Waals surface area (Å²) in [6, 6.07) is 0. The number of nitrogens with one attached hydrogen (secondary N) is 1. The van der Waals surface area contributed by atoms with Gasteiger partial charge < -0.3 is 38.6 Å². The number of rotatable bonds is 45. The molecule has 1 saturated heterocycles. The lowest BCUT2D eigenvalue weighted by Crippen LogP contribution is -2.36. The van der Waals surface area contributed by atoms with Crippen LogP contribution in [0.25, 0.3) is 0 Å². The molecule has 1 atom stereocenters. The first-order valence-corrected chi connectivity index (χ1v) is 26.2. The van der Waals surface area contributed by atoms with Crippen LogP contribution >= 0.6 is 0 Å². The van der Waals surface area contributed by atoms with E-state index >= 15 is 0 Å². The molecular weight excluding hydrogens is 865 g/mol. The van der Waals surface area contributed by atoms with Crippen molar-refractivity contribution in [1.82, 2.24) is 10.4 Å². The maximum atomic E-state index is 12.8. The van der Waals surface area contributed by atoms with Crippen LogP contribution in [0, 0.1) is 0 Å². The van der Waals surface area contributed by atoms with Crippen LogP contribution < -0.4 is 5.32 Å². The molecule has 0 aliphatic carbocycles. The quantitative estimate of drug-likeness (QED) is 0.0344. The van der Waals surface area contributed by atoms with E-state index in [0.29, 0.717) is 6.42 Å². The van der Waals surface area contributed by atoms with Gasteiger partial charge in [-0.1, -0.05) is 168 Å². The highest BCUT2D eigenvalue weighted by Crippen LogP contribution is 2.16. The van der Waals surface area contributed by atoms with E-state index in [1.54, 1.807) is 0 Å². The second kappa shape index (κ2) is 44.7. The Morgan fingerprint density at radius 3 is 1.48 bits per heavy atom. The van der Waals surface area contributed by atoms with Crippen LogP contribution in [0.2, 0.25) is 0 Å². The highest BCUT2D eigenvalue weighted by Gasteiger charge is 2.24. The van der Waals surface area contributed by atoms with E-state index < -0.39 is 42.5 Å². The van der Waals surface area contributed by atoms with E-state index in [2.05, 4.69) is 23.9 Å². The van der Waals surface area contributed by atoms with Gasteiger partial charge in [0, 0.05) is 32.2 Å². The number of ether oxygens (including phenoxy) is 6. The van der Waals surface area contributed by atoms with Crippen molar-refractivity contribution < 1.29 is 66.8 Å². The molecule has 0 aromatic rings. The number of hydroxylamine groups is 2. The van der Waals surface area contributed by atoms with Crippen molar-refractivity contribution in [3.05, 3.63) is 0 Å². The minimum absolute atomic E-state index is 0.0321. The number of unbranched alkanes of at least 4 members (excludes halogenated alkanes) is 24. The highest BCUT2D eigenvalue weighted by atomic mass is 16.7. The van der Waals surface area contributed by atoms with Crippen LogP contribution in [0.3, 0.4) is 0 Å². The van der Waals surface area contributed by atoms with Crippen LogP contribution in [0.15, 0.2) is 0 Å². The molecule has 1 aliphatic heterocycles. The number of hydrogen-bond donors (Lipinski definition) is 1. The number of carbonyl (C=O) groups excluding carboxylic acids is 7. The molecule has 0 bridgehead atoms. The standard InChI is InChI=1S/C51H90N2O14/c1-3-5-7-9-11-13-15-17-19-21-23-25-27-29-47(56)63-41-44(66-50(59)30-28-26-24-22-20-18-16-14-12-10-8-6-4-2)42-64-48(57)33-31-45(54)52-35-37-61-39-40-62-38-36-53-46(55)32-34-49(58)65-43-51(60)67-53/h44H,3-43H2,1-2H3,(H,52,54). The summed E-state index contributed by atoms with van der Waals surface area (Å²) in [6.45, 7) is 4.16. The Kier molecular flexibility index (Phi) is 40.8. The van der Waals surface area contributed by atoms with Gasteiger partial charge in [-0.3, -0.25) is 28.8 Å². The van der Waals surface area contributed by atoms with Gasteiger partial charge in [0.1, 0.15) is 13.2 Å². The van der Waals surface area contributed by atoms with Crippen LogP contribution in [0.1, 0.15) is 219 Å². The molecule has 1 unspecified atom stereocenters. The Labute approximate surface area is 402 Å². The Bertz CT molecular complexity index is 1310. The summed E-state index contributed by atoms with van der Waals surface area (Å²) in [5, 5.41) is 3.52. The minimum atomic E-state index is -0.949. The van der Waals surface area contributed by atoms with Crippen molar-refractivity contribution in [1.29, 1.82) is 0 Å². The lowest BCUT2D eigenvalue weighted by molar-refractivity contribution is -0.202. The van der Waals surface area contributed by atoms with E-state index in [-0.39, 0.29) is 103 Å². The summed E-state index contributed by atoms with van der Waals surface area (Å²) in [7, 11) is 0. The van der Waals surface area contributed by atoms with Gasteiger partial charge in [-0.15, -0.1) is 0 Å². The van der Waals surface area contributed by atoms with Crippen LogP contribution in [-0.4, -0.2) is 112 Å². The molecule has 0 spiro atoms. The van der Waals surface area contributed by atoms with Gasteiger partial charge in [0.05, 0.1) is 45.8 Å². The summed E-state index contributed by atoms with van der Waals surface area (Å²) < 4.78 is 32.0. The van der Waals surface area contributed by atoms with Gasteiger partial charge in [0.15, 0.2) is 12.7 Å². The third-order valence-corrected chi connectivity index (χ3v) is 11.4. The molecule has 0 aromatic heterocycles. The van der Waals surface area contributed by atoms with Crippen molar-refractivity contribution in [2.24, 2.45) is 0 Å². The van der Waals surface area contributed by atoms with Gasteiger partial charge in [-0.05, 0) is 12.8 Å². The average Bonchev–Trinajstić information content (AvgIpc) is 3.37. The zero-order valence-corrected chi connectivity index (χ0v) is 41.7. The monoisotopic (exact) mass is 955 g/mol. The summed E-state index contributed by atoms with van der Waals surface area (Å²) >= 11 is 0. The van der Waals surface area contributed by atoms with Gasteiger partial charge in [0.25, 0.3) is 5.91 Å². The van der Waals surface area contributed by atoms with Crippen molar-refractivity contribution in [3.8, 4) is 0 Å². The smallest absolute Gasteiger partial charge is 0.369 e. The molecule has 0 aromatic carbocycles. The molecule has 67 heavy (non-hydrogen) atoms. The van der Waals surface area contributed by atoms with E-state index in [0.717, 1.165) is 43.6 Å². The zero-order chi connectivity index (χ0) is 48.8. The van der Waals surface area contributed by atoms with Crippen molar-refractivity contribution >= 4 is 41.7 Å². The first-order chi connectivity index (χ1) is 32.6. The molecule has 16 nitrogen and oxygen atoms in total. The van der Waals surface area contributed by atoms with Gasteiger partial charge in [0.2, 0.25) is 5.91 Å². The fourth-order valence-corrected chi connectivity index (χ4v) is 7.40. The normalized spacial score (nSPS) is 13.5. The molecule has 0 radical (unpaired) electrons. The predicted molar refractivity (Wildman–Crippen MR) is 254 cm³/mol. The molecule has 388 valence electrons. The second-order valence-electron chi connectivity index (χ2n) is 17.7. The molecule has 16 heteroatoms. The molecule has 1 aliphatic rings. The van der Waals surface area contributed by atoms with E-state index in [9.17, 15) is 33.6 Å². The summed E-state index contributed by atoms with van der Waals surface area (Å²) in [5.74, 6) is -3.89. The van der Waals surface area contributed by atoms with E-state index in [1.165, 1.54) is 122 Å². The molecule has 1 fully saturated rings. The number of amides is 2.